The van der Waals surface area contributed by atoms with Gasteiger partial charge in [0.25, 0.3) is 0 Å². The Bertz CT molecular complexity index is 450. The summed E-state index contributed by atoms with van der Waals surface area (Å²) in [5.41, 5.74) is 0. The van der Waals surface area contributed by atoms with E-state index in [1.165, 1.54) is 0 Å². The van der Waals surface area contributed by atoms with Gasteiger partial charge in [-0.3, -0.25) is 4.79 Å². The molecular formula is C11H18FNO5S. The molecule has 0 aromatic rings. The highest BCUT2D eigenvalue weighted by Crippen LogP contribution is 2.24. The van der Waals surface area contributed by atoms with Crippen LogP contribution in [0.15, 0.2) is 0 Å². The van der Waals surface area contributed by atoms with Crippen LogP contribution in [-0.2, 0) is 19.8 Å². The molecule has 0 saturated carbocycles. The van der Waals surface area contributed by atoms with Crippen LogP contribution in [0.25, 0.3) is 0 Å². The van der Waals surface area contributed by atoms with Gasteiger partial charge in [-0.25, -0.2) is 4.79 Å². The van der Waals surface area contributed by atoms with E-state index < -0.39 is 39.8 Å². The number of likely N-dealkylation sites (tertiary alicyclic amines) is 1. The molecule has 0 aromatic heterocycles. The lowest BCUT2D eigenvalue weighted by Crippen LogP contribution is -2.42. The van der Waals surface area contributed by atoms with Gasteiger partial charge in [0.2, 0.25) is 5.91 Å². The van der Waals surface area contributed by atoms with Crippen molar-refractivity contribution in [1.29, 1.82) is 0 Å². The van der Waals surface area contributed by atoms with Crippen LogP contribution in [0.5, 0.6) is 0 Å². The molecule has 1 rings (SSSR count). The fourth-order valence-electron chi connectivity index (χ4n) is 2.19. The van der Waals surface area contributed by atoms with Crippen LogP contribution < -0.4 is 0 Å². The van der Waals surface area contributed by atoms with E-state index in [-0.39, 0.29) is 13.0 Å². The van der Waals surface area contributed by atoms with E-state index in [0.29, 0.717) is 6.42 Å². The van der Waals surface area contributed by atoms with Gasteiger partial charge < -0.3 is 10.0 Å². The Morgan fingerprint density at radius 3 is 2.58 bits per heavy atom. The minimum absolute atomic E-state index is 0.258. The van der Waals surface area contributed by atoms with E-state index in [4.69, 9.17) is 5.11 Å². The van der Waals surface area contributed by atoms with Crippen LogP contribution in [0.4, 0.5) is 3.89 Å². The number of aliphatic carboxylic acids is 1. The van der Waals surface area contributed by atoms with Crippen LogP contribution >= 0.6 is 0 Å². The van der Waals surface area contributed by atoms with Crippen molar-refractivity contribution < 1.29 is 27.0 Å². The van der Waals surface area contributed by atoms with Crippen LogP contribution in [0, 0.1) is 0 Å². The van der Waals surface area contributed by atoms with Gasteiger partial charge in [-0.05, 0) is 6.42 Å². The Hall–Kier alpha value is -1.18. The molecule has 0 bridgehead atoms. The number of unbranched alkanes of at least 4 members (excludes halogenated alkanes) is 2. The number of nitrogens with zero attached hydrogens (tertiary/aromatic N) is 1. The highest BCUT2D eigenvalue weighted by atomic mass is 32.3. The minimum Gasteiger partial charge on any atom is -0.480 e. The Kier molecular flexibility index (Phi) is 5.28. The van der Waals surface area contributed by atoms with Crippen molar-refractivity contribution in [1.82, 2.24) is 4.90 Å². The third-order valence-corrected chi connectivity index (χ3v) is 4.38. The number of hydrogen-bond acceptors (Lipinski definition) is 4. The first-order chi connectivity index (χ1) is 8.77. The summed E-state index contributed by atoms with van der Waals surface area (Å²) < 4.78 is 34.4. The molecule has 2 atom stereocenters. The summed E-state index contributed by atoms with van der Waals surface area (Å²) >= 11 is 0. The zero-order chi connectivity index (χ0) is 14.6. The molecule has 0 aromatic carbocycles. The van der Waals surface area contributed by atoms with E-state index >= 15 is 0 Å². The average molecular weight is 295 g/mol. The summed E-state index contributed by atoms with van der Waals surface area (Å²) in [6, 6.07) is -1.06. The molecule has 0 spiro atoms. The Morgan fingerprint density at radius 2 is 2.16 bits per heavy atom. The van der Waals surface area contributed by atoms with E-state index in [1.54, 1.807) is 0 Å². The summed E-state index contributed by atoms with van der Waals surface area (Å²) in [7, 11) is -4.81. The van der Waals surface area contributed by atoms with Gasteiger partial charge >= 0.3 is 16.2 Å². The van der Waals surface area contributed by atoms with E-state index in [0.717, 1.165) is 17.7 Å². The van der Waals surface area contributed by atoms with Crippen LogP contribution in [0.1, 0.15) is 39.0 Å². The summed E-state index contributed by atoms with van der Waals surface area (Å²) in [5, 5.41) is 7.67. The third kappa shape index (κ3) is 4.15. The van der Waals surface area contributed by atoms with Crippen molar-refractivity contribution in [3.05, 3.63) is 0 Å². The SMILES string of the molecule is CCCCC[C@@H](C(=O)O)N1CC(S(=O)(=O)F)CC1=O. The van der Waals surface area contributed by atoms with Gasteiger partial charge in [0.05, 0.1) is 0 Å². The molecule has 1 heterocycles. The highest BCUT2D eigenvalue weighted by Gasteiger charge is 2.42. The molecule has 1 amide bonds. The first-order valence-corrected chi connectivity index (χ1v) is 7.67. The molecule has 0 aliphatic carbocycles. The number of hydrogen-bond donors (Lipinski definition) is 1. The standard InChI is InChI=1S/C11H18FNO5S/c1-2-3-4-5-9(11(15)16)13-7-8(6-10(13)14)19(12,17)18/h8-9H,2-7H2,1H3,(H,15,16)/t8?,9-/m0/s1. The highest BCUT2D eigenvalue weighted by molar-refractivity contribution is 7.87. The number of amides is 1. The molecule has 1 saturated heterocycles. The minimum atomic E-state index is -4.81. The van der Waals surface area contributed by atoms with Crippen LogP contribution in [0.2, 0.25) is 0 Å². The maximum atomic E-state index is 12.9. The van der Waals surface area contributed by atoms with Gasteiger partial charge in [0.1, 0.15) is 11.3 Å². The number of carboxylic acids is 1. The van der Waals surface area contributed by atoms with Crippen molar-refractivity contribution in [2.75, 3.05) is 6.54 Å². The number of halogens is 1. The topological polar surface area (TPSA) is 91.8 Å². The second kappa shape index (κ2) is 6.31. The summed E-state index contributed by atoms with van der Waals surface area (Å²) in [6.07, 6.45) is 2.15. The lowest BCUT2D eigenvalue weighted by molar-refractivity contribution is -0.148. The molecule has 110 valence electrons. The van der Waals surface area contributed by atoms with Gasteiger partial charge in [-0.15, -0.1) is 3.89 Å². The maximum Gasteiger partial charge on any atom is 0.326 e. The predicted molar refractivity (Wildman–Crippen MR) is 65.7 cm³/mol. The molecule has 1 aliphatic rings. The maximum absolute atomic E-state index is 12.9. The Labute approximate surface area is 111 Å². The largest absolute Gasteiger partial charge is 0.480 e. The zero-order valence-electron chi connectivity index (χ0n) is 10.7. The number of rotatable bonds is 7. The normalized spacial score (nSPS) is 21.7. The second-order valence-electron chi connectivity index (χ2n) is 4.70. The first kappa shape index (κ1) is 15.9. The average Bonchev–Trinajstić information content (AvgIpc) is 2.66. The van der Waals surface area contributed by atoms with Crippen molar-refractivity contribution in [2.24, 2.45) is 0 Å². The number of carbonyl (C=O) groups excluding carboxylic acids is 1. The Morgan fingerprint density at radius 1 is 1.53 bits per heavy atom. The molecule has 0 radical (unpaired) electrons. The van der Waals surface area contributed by atoms with E-state index in [2.05, 4.69) is 0 Å². The van der Waals surface area contributed by atoms with Crippen LogP contribution in [-0.4, -0.2) is 48.1 Å². The summed E-state index contributed by atoms with van der Waals surface area (Å²) in [4.78, 5) is 23.8. The first-order valence-electron chi connectivity index (χ1n) is 6.23. The molecule has 1 aliphatic heterocycles. The summed E-state index contributed by atoms with van der Waals surface area (Å²) in [6.45, 7) is 1.59. The molecule has 1 unspecified atom stereocenters. The van der Waals surface area contributed by atoms with Gasteiger partial charge in [0.15, 0.2) is 0 Å². The van der Waals surface area contributed by atoms with Crippen molar-refractivity contribution in [3.8, 4) is 0 Å². The Balaban J connectivity index is 2.75. The van der Waals surface area contributed by atoms with E-state index in [9.17, 15) is 21.9 Å². The second-order valence-corrected chi connectivity index (χ2v) is 6.32. The van der Waals surface area contributed by atoms with Gasteiger partial charge in [0, 0.05) is 13.0 Å². The third-order valence-electron chi connectivity index (χ3n) is 3.26. The van der Waals surface area contributed by atoms with Crippen molar-refractivity contribution >= 4 is 22.1 Å². The summed E-state index contributed by atoms with van der Waals surface area (Å²) in [5.74, 6) is -1.79. The van der Waals surface area contributed by atoms with Crippen molar-refractivity contribution in [3.63, 3.8) is 0 Å². The molecular weight excluding hydrogens is 277 g/mol. The molecule has 19 heavy (non-hydrogen) atoms. The fraction of sp³-hybridized carbons (Fsp3) is 0.818. The van der Waals surface area contributed by atoms with Gasteiger partial charge in [-0.2, -0.15) is 8.42 Å². The number of carboxylic acid groups (broad SMARTS) is 1. The zero-order valence-corrected chi connectivity index (χ0v) is 11.5. The predicted octanol–water partition coefficient (Wildman–Crippen LogP) is 0.920. The van der Waals surface area contributed by atoms with Crippen molar-refractivity contribution in [2.45, 2.75) is 50.3 Å². The van der Waals surface area contributed by atoms with Crippen LogP contribution in [0.3, 0.4) is 0 Å². The molecule has 1 N–H and O–H groups in total. The van der Waals surface area contributed by atoms with E-state index in [1.807, 2.05) is 6.92 Å². The lowest BCUT2D eigenvalue weighted by Gasteiger charge is -2.24. The van der Waals surface area contributed by atoms with Gasteiger partial charge in [-0.1, -0.05) is 26.2 Å². The quantitative estimate of drug-likeness (QED) is 0.557. The molecule has 6 nitrogen and oxygen atoms in total. The smallest absolute Gasteiger partial charge is 0.326 e. The number of carbonyl (C=O) groups is 2. The fourth-order valence-corrected chi connectivity index (χ4v) is 2.87. The molecule has 1 fully saturated rings. The molecule has 8 heteroatoms. The lowest BCUT2D eigenvalue weighted by atomic mass is 10.1. The monoisotopic (exact) mass is 295 g/mol.